The Hall–Kier alpha value is -1.98. The van der Waals surface area contributed by atoms with Crippen LogP contribution in [0, 0.1) is 5.82 Å². The molecule has 2 aliphatic rings. The van der Waals surface area contributed by atoms with Crippen LogP contribution < -0.4 is 4.90 Å². The Morgan fingerprint density at radius 1 is 1.21 bits per heavy atom. The SMILES string of the molecule is CCc1ncnc(N2CCCC2c2nc3c(n2C)CCCC3)c1F. The zero-order valence-electron chi connectivity index (χ0n) is 14.4. The lowest BCUT2D eigenvalue weighted by atomic mass is 10.0. The van der Waals surface area contributed by atoms with Crippen LogP contribution in [0.15, 0.2) is 6.33 Å². The smallest absolute Gasteiger partial charge is 0.187 e. The third kappa shape index (κ3) is 2.39. The van der Waals surface area contributed by atoms with Crippen molar-refractivity contribution in [3.05, 3.63) is 35.1 Å². The van der Waals surface area contributed by atoms with E-state index < -0.39 is 0 Å². The molecule has 128 valence electrons. The summed E-state index contributed by atoms with van der Waals surface area (Å²) in [5, 5.41) is 0. The lowest BCUT2D eigenvalue weighted by molar-refractivity contribution is 0.564. The highest BCUT2D eigenvalue weighted by atomic mass is 19.1. The molecule has 2 aromatic rings. The normalized spacial score (nSPS) is 20.5. The van der Waals surface area contributed by atoms with Gasteiger partial charge in [0.1, 0.15) is 12.2 Å². The molecule has 0 bridgehead atoms. The second-order valence-electron chi connectivity index (χ2n) is 6.79. The number of fused-ring (bicyclic) bond motifs is 1. The van der Waals surface area contributed by atoms with Crippen LogP contribution in [-0.4, -0.2) is 26.1 Å². The summed E-state index contributed by atoms with van der Waals surface area (Å²) in [5.41, 5.74) is 3.09. The van der Waals surface area contributed by atoms with Crippen molar-refractivity contribution in [1.82, 2.24) is 19.5 Å². The van der Waals surface area contributed by atoms with Gasteiger partial charge >= 0.3 is 0 Å². The number of aryl methyl sites for hydroxylation is 2. The number of anilines is 1. The second-order valence-corrected chi connectivity index (χ2v) is 6.79. The van der Waals surface area contributed by atoms with Crippen LogP contribution in [-0.2, 0) is 26.3 Å². The Bertz CT molecular complexity index is 754. The molecule has 1 atom stereocenters. The minimum Gasteiger partial charge on any atom is -0.344 e. The molecule has 1 unspecified atom stereocenters. The van der Waals surface area contributed by atoms with Crippen molar-refractivity contribution in [3.63, 3.8) is 0 Å². The third-order valence-electron chi connectivity index (χ3n) is 5.41. The molecule has 4 rings (SSSR count). The van der Waals surface area contributed by atoms with Gasteiger partial charge in [0, 0.05) is 19.3 Å². The molecule has 1 fully saturated rings. The molecule has 0 spiro atoms. The van der Waals surface area contributed by atoms with Crippen LogP contribution in [0.4, 0.5) is 10.2 Å². The topological polar surface area (TPSA) is 46.8 Å². The summed E-state index contributed by atoms with van der Waals surface area (Å²) in [6, 6.07) is 0.106. The summed E-state index contributed by atoms with van der Waals surface area (Å²) in [6.45, 7) is 2.74. The van der Waals surface area contributed by atoms with E-state index in [1.165, 1.54) is 30.6 Å². The van der Waals surface area contributed by atoms with Crippen LogP contribution in [0.2, 0.25) is 0 Å². The number of nitrogens with zero attached hydrogens (tertiary/aromatic N) is 5. The van der Waals surface area contributed by atoms with E-state index in [2.05, 4.69) is 26.5 Å². The molecule has 0 amide bonds. The van der Waals surface area contributed by atoms with Crippen molar-refractivity contribution in [2.24, 2.45) is 7.05 Å². The van der Waals surface area contributed by atoms with Crippen molar-refractivity contribution < 1.29 is 4.39 Å². The lowest BCUT2D eigenvalue weighted by Gasteiger charge is -2.26. The largest absolute Gasteiger partial charge is 0.344 e. The summed E-state index contributed by atoms with van der Waals surface area (Å²) >= 11 is 0. The van der Waals surface area contributed by atoms with Crippen LogP contribution in [0.1, 0.15) is 61.6 Å². The zero-order chi connectivity index (χ0) is 16.7. The third-order valence-corrected chi connectivity index (χ3v) is 5.41. The van der Waals surface area contributed by atoms with E-state index in [-0.39, 0.29) is 11.9 Å². The predicted octanol–water partition coefficient (Wildman–Crippen LogP) is 3.13. The van der Waals surface area contributed by atoms with Crippen molar-refractivity contribution in [2.45, 2.75) is 57.9 Å². The van der Waals surface area contributed by atoms with Crippen LogP contribution in [0.5, 0.6) is 0 Å². The number of halogens is 1. The summed E-state index contributed by atoms with van der Waals surface area (Å²) in [7, 11) is 2.11. The van der Waals surface area contributed by atoms with E-state index in [0.717, 1.165) is 38.1 Å². The first-order valence-electron chi connectivity index (χ1n) is 9.01. The minimum absolute atomic E-state index is 0.106. The van der Waals surface area contributed by atoms with Gasteiger partial charge in [0.05, 0.1) is 17.4 Å². The van der Waals surface area contributed by atoms with Gasteiger partial charge < -0.3 is 9.47 Å². The Kier molecular flexibility index (Phi) is 3.98. The predicted molar refractivity (Wildman–Crippen MR) is 90.5 cm³/mol. The Labute approximate surface area is 141 Å². The maximum absolute atomic E-state index is 14.7. The van der Waals surface area contributed by atoms with E-state index in [1.54, 1.807) is 0 Å². The van der Waals surface area contributed by atoms with Gasteiger partial charge in [-0.25, -0.2) is 19.3 Å². The molecule has 1 saturated heterocycles. The van der Waals surface area contributed by atoms with Gasteiger partial charge in [-0.05, 0) is 44.9 Å². The molecule has 0 saturated carbocycles. The fourth-order valence-electron chi connectivity index (χ4n) is 4.14. The first-order chi connectivity index (χ1) is 11.7. The van der Waals surface area contributed by atoms with E-state index in [1.807, 2.05) is 6.92 Å². The first kappa shape index (κ1) is 15.5. The van der Waals surface area contributed by atoms with Crippen molar-refractivity contribution in [1.29, 1.82) is 0 Å². The molecule has 0 radical (unpaired) electrons. The van der Waals surface area contributed by atoms with Gasteiger partial charge in [0.2, 0.25) is 0 Å². The summed E-state index contributed by atoms with van der Waals surface area (Å²) < 4.78 is 17.0. The molecule has 6 heteroatoms. The molecule has 0 aromatic carbocycles. The average Bonchev–Trinajstić information content (AvgIpc) is 3.20. The monoisotopic (exact) mass is 329 g/mol. The standard InChI is InChI=1S/C18H24FN5/c1-3-12-16(19)18(21-11-20-12)24-10-6-9-15(24)17-22-13-7-4-5-8-14(13)23(17)2/h11,15H,3-10H2,1-2H3. The maximum atomic E-state index is 14.7. The molecule has 1 aliphatic heterocycles. The zero-order valence-corrected chi connectivity index (χ0v) is 14.4. The first-order valence-corrected chi connectivity index (χ1v) is 9.01. The Balaban J connectivity index is 1.73. The molecular weight excluding hydrogens is 305 g/mol. The van der Waals surface area contributed by atoms with E-state index in [0.29, 0.717) is 17.9 Å². The Morgan fingerprint density at radius 3 is 2.83 bits per heavy atom. The molecule has 5 nitrogen and oxygen atoms in total. The van der Waals surface area contributed by atoms with Gasteiger partial charge in [0.25, 0.3) is 0 Å². The van der Waals surface area contributed by atoms with E-state index in [4.69, 9.17) is 4.98 Å². The number of imidazole rings is 1. The van der Waals surface area contributed by atoms with E-state index in [9.17, 15) is 4.39 Å². The van der Waals surface area contributed by atoms with E-state index >= 15 is 0 Å². The van der Waals surface area contributed by atoms with Crippen molar-refractivity contribution in [2.75, 3.05) is 11.4 Å². The second kappa shape index (κ2) is 6.15. The van der Waals surface area contributed by atoms with Crippen molar-refractivity contribution in [3.8, 4) is 0 Å². The summed E-state index contributed by atoms with van der Waals surface area (Å²) in [4.78, 5) is 15.3. The molecule has 0 N–H and O–H groups in total. The van der Waals surface area contributed by atoms with Crippen molar-refractivity contribution >= 4 is 5.82 Å². The fraction of sp³-hybridized carbons (Fsp3) is 0.611. The molecule has 3 heterocycles. The average molecular weight is 329 g/mol. The fourth-order valence-corrected chi connectivity index (χ4v) is 4.14. The quantitative estimate of drug-likeness (QED) is 0.868. The lowest BCUT2D eigenvalue weighted by Crippen LogP contribution is -2.27. The van der Waals surface area contributed by atoms with Gasteiger partial charge in [-0.2, -0.15) is 0 Å². The molecule has 2 aromatic heterocycles. The van der Waals surface area contributed by atoms with Gasteiger partial charge in [-0.15, -0.1) is 0 Å². The summed E-state index contributed by atoms with van der Waals surface area (Å²) in [5.74, 6) is 1.23. The summed E-state index contributed by atoms with van der Waals surface area (Å²) in [6.07, 6.45) is 8.72. The Morgan fingerprint density at radius 2 is 2.04 bits per heavy atom. The molecule has 1 aliphatic carbocycles. The minimum atomic E-state index is -0.272. The number of rotatable bonds is 3. The van der Waals surface area contributed by atoms with Gasteiger partial charge in [-0.1, -0.05) is 6.92 Å². The highest BCUT2D eigenvalue weighted by molar-refractivity contribution is 5.45. The number of hydrogen-bond acceptors (Lipinski definition) is 4. The number of hydrogen-bond donors (Lipinski definition) is 0. The highest BCUT2D eigenvalue weighted by Crippen LogP contribution is 2.37. The molecular formula is C18H24FN5. The van der Waals surface area contributed by atoms with Crippen LogP contribution in [0.3, 0.4) is 0 Å². The van der Waals surface area contributed by atoms with Gasteiger partial charge in [0.15, 0.2) is 11.6 Å². The van der Waals surface area contributed by atoms with Gasteiger partial charge in [-0.3, -0.25) is 0 Å². The van der Waals surface area contributed by atoms with Crippen LogP contribution in [0.25, 0.3) is 0 Å². The highest BCUT2D eigenvalue weighted by Gasteiger charge is 2.34. The van der Waals surface area contributed by atoms with Crippen LogP contribution >= 0.6 is 0 Å². The number of aromatic nitrogens is 4. The maximum Gasteiger partial charge on any atom is 0.187 e. The molecule has 24 heavy (non-hydrogen) atoms.